The van der Waals surface area contributed by atoms with Crippen molar-refractivity contribution >= 4 is 23.4 Å². The number of hydrogen-bond acceptors (Lipinski definition) is 6. The van der Waals surface area contributed by atoms with Crippen molar-refractivity contribution in [3.05, 3.63) is 89.5 Å². The van der Waals surface area contributed by atoms with E-state index in [-0.39, 0.29) is 5.91 Å². The molecule has 0 saturated heterocycles. The molecule has 162 valence electrons. The molecule has 0 saturated carbocycles. The highest BCUT2D eigenvalue weighted by molar-refractivity contribution is 8.00. The maximum Gasteiger partial charge on any atom is 0.242 e. The average molecular weight is 446 g/mol. The summed E-state index contributed by atoms with van der Waals surface area (Å²) in [4.78, 5) is 13.4. The Bertz CT molecular complexity index is 1190. The minimum Gasteiger partial charge on any atom is -0.497 e. The van der Waals surface area contributed by atoms with Crippen LogP contribution in [0.4, 0.5) is 5.69 Å². The van der Waals surface area contributed by atoms with Crippen molar-refractivity contribution in [3.63, 3.8) is 0 Å². The van der Waals surface area contributed by atoms with E-state index < -0.39 is 5.25 Å². The molecule has 0 aliphatic heterocycles. The van der Waals surface area contributed by atoms with Gasteiger partial charge < -0.3 is 10.1 Å². The molecule has 8 heteroatoms. The SMILES string of the molecule is COc1ccc(-n2nnnc2S[C@H](C(=O)Nc2cc(C)cc(C)c2)c2ccccc2)cc1. The van der Waals surface area contributed by atoms with Gasteiger partial charge in [0.1, 0.15) is 11.0 Å². The number of rotatable bonds is 7. The molecule has 4 rings (SSSR count). The molecule has 1 atom stereocenters. The second-order valence-electron chi connectivity index (χ2n) is 7.35. The zero-order valence-electron chi connectivity index (χ0n) is 18.0. The Balaban J connectivity index is 1.64. The average Bonchev–Trinajstić information content (AvgIpc) is 3.25. The van der Waals surface area contributed by atoms with Gasteiger partial charge in [-0.05, 0) is 77.4 Å². The van der Waals surface area contributed by atoms with Crippen LogP contribution in [0.15, 0.2) is 78.0 Å². The van der Waals surface area contributed by atoms with Crippen LogP contribution >= 0.6 is 11.8 Å². The second-order valence-corrected chi connectivity index (χ2v) is 8.42. The molecular formula is C24H23N5O2S. The maximum absolute atomic E-state index is 13.4. The first-order chi connectivity index (χ1) is 15.5. The number of anilines is 1. The van der Waals surface area contributed by atoms with Gasteiger partial charge in [-0.1, -0.05) is 48.2 Å². The number of aromatic nitrogens is 4. The van der Waals surface area contributed by atoms with Crippen LogP contribution in [0.25, 0.3) is 5.69 Å². The van der Waals surface area contributed by atoms with Gasteiger partial charge in [-0.2, -0.15) is 4.68 Å². The molecule has 3 aromatic carbocycles. The normalized spacial score (nSPS) is 11.7. The number of thioether (sulfide) groups is 1. The van der Waals surface area contributed by atoms with Gasteiger partial charge in [0, 0.05) is 5.69 Å². The van der Waals surface area contributed by atoms with Gasteiger partial charge in [-0.25, -0.2) is 0 Å². The fraction of sp³-hybridized carbons (Fsp3) is 0.167. The largest absolute Gasteiger partial charge is 0.497 e. The van der Waals surface area contributed by atoms with Gasteiger partial charge in [-0.15, -0.1) is 5.10 Å². The predicted octanol–water partition coefficient (Wildman–Crippen LogP) is 4.76. The summed E-state index contributed by atoms with van der Waals surface area (Å²) in [5, 5.41) is 15.1. The minimum absolute atomic E-state index is 0.143. The van der Waals surface area contributed by atoms with Gasteiger partial charge in [0.2, 0.25) is 11.1 Å². The van der Waals surface area contributed by atoms with E-state index in [0.717, 1.165) is 33.8 Å². The molecule has 0 aliphatic rings. The standard InChI is InChI=1S/C24H23N5O2S/c1-16-13-17(2)15-19(14-16)25-23(30)22(18-7-5-4-6-8-18)32-24-26-27-28-29(24)20-9-11-21(31-3)12-10-20/h4-15,22H,1-3H3,(H,25,30)/t22-/m0/s1. The first-order valence-corrected chi connectivity index (χ1v) is 10.9. The fourth-order valence-electron chi connectivity index (χ4n) is 3.40. The molecule has 4 aromatic rings. The molecule has 1 amide bonds. The van der Waals surface area contributed by atoms with E-state index >= 15 is 0 Å². The smallest absolute Gasteiger partial charge is 0.242 e. The molecular weight excluding hydrogens is 422 g/mol. The molecule has 0 radical (unpaired) electrons. The quantitative estimate of drug-likeness (QED) is 0.413. The monoisotopic (exact) mass is 445 g/mol. The number of benzene rings is 3. The van der Waals surface area contributed by atoms with Crippen molar-refractivity contribution in [2.24, 2.45) is 0 Å². The lowest BCUT2D eigenvalue weighted by molar-refractivity contribution is -0.115. The summed E-state index contributed by atoms with van der Waals surface area (Å²) in [5.74, 6) is 0.599. The number of ether oxygens (including phenoxy) is 1. The topological polar surface area (TPSA) is 81.9 Å². The number of amides is 1. The van der Waals surface area contributed by atoms with Crippen molar-refractivity contribution in [3.8, 4) is 11.4 Å². The Morgan fingerprint density at radius 3 is 2.34 bits per heavy atom. The lowest BCUT2D eigenvalue weighted by Crippen LogP contribution is -2.19. The van der Waals surface area contributed by atoms with Crippen LogP contribution in [0.5, 0.6) is 5.75 Å². The Labute approximate surface area is 190 Å². The number of tetrazole rings is 1. The molecule has 0 spiro atoms. The summed E-state index contributed by atoms with van der Waals surface area (Å²) in [7, 11) is 1.62. The summed E-state index contributed by atoms with van der Waals surface area (Å²) in [6.45, 7) is 4.02. The van der Waals surface area contributed by atoms with Crippen LogP contribution in [0.3, 0.4) is 0 Å². The lowest BCUT2D eigenvalue weighted by Gasteiger charge is -2.17. The van der Waals surface area contributed by atoms with E-state index in [4.69, 9.17) is 4.74 Å². The summed E-state index contributed by atoms with van der Waals surface area (Å²) < 4.78 is 6.84. The third kappa shape index (κ3) is 4.97. The molecule has 7 nitrogen and oxygen atoms in total. The Hall–Kier alpha value is -3.65. The van der Waals surface area contributed by atoms with E-state index in [9.17, 15) is 4.79 Å². The van der Waals surface area contributed by atoms with Crippen molar-refractivity contribution < 1.29 is 9.53 Å². The van der Waals surface area contributed by atoms with Gasteiger partial charge in [0.05, 0.1) is 12.8 Å². The summed E-state index contributed by atoms with van der Waals surface area (Å²) >= 11 is 1.30. The second kappa shape index (κ2) is 9.65. The number of carbonyl (C=O) groups excluding carboxylic acids is 1. The Morgan fingerprint density at radius 2 is 1.69 bits per heavy atom. The van der Waals surface area contributed by atoms with Crippen LogP contribution in [-0.2, 0) is 4.79 Å². The van der Waals surface area contributed by atoms with E-state index in [1.165, 1.54) is 11.8 Å². The third-order valence-electron chi connectivity index (χ3n) is 4.81. The number of carbonyl (C=O) groups is 1. The highest BCUT2D eigenvalue weighted by atomic mass is 32.2. The first-order valence-electron chi connectivity index (χ1n) is 10.1. The molecule has 32 heavy (non-hydrogen) atoms. The summed E-state index contributed by atoms with van der Waals surface area (Å²) in [6, 6.07) is 23.0. The summed E-state index contributed by atoms with van der Waals surface area (Å²) in [5.41, 5.74) is 4.59. The van der Waals surface area contributed by atoms with Gasteiger partial charge in [0.15, 0.2) is 0 Å². The van der Waals surface area contributed by atoms with Crippen molar-refractivity contribution in [2.45, 2.75) is 24.3 Å². The van der Waals surface area contributed by atoms with Crippen molar-refractivity contribution in [1.82, 2.24) is 20.2 Å². The van der Waals surface area contributed by atoms with E-state index in [1.807, 2.05) is 80.6 Å². The van der Waals surface area contributed by atoms with Crippen LogP contribution in [0.1, 0.15) is 21.9 Å². The minimum atomic E-state index is -0.542. The number of nitrogens with zero attached hydrogens (tertiary/aromatic N) is 4. The van der Waals surface area contributed by atoms with Gasteiger partial charge >= 0.3 is 0 Å². The highest BCUT2D eigenvalue weighted by Gasteiger charge is 2.25. The van der Waals surface area contributed by atoms with E-state index in [2.05, 4.69) is 26.9 Å². The first kappa shape index (κ1) is 21.6. The molecule has 0 fully saturated rings. The molecule has 1 aromatic heterocycles. The van der Waals surface area contributed by atoms with Crippen LogP contribution < -0.4 is 10.1 Å². The predicted molar refractivity (Wildman–Crippen MR) is 125 cm³/mol. The number of hydrogen-bond donors (Lipinski definition) is 1. The van der Waals surface area contributed by atoms with Crippen LogP contribution in [-0.4, -0.2) is 33.2 Å². The Morgan fingerprint density at radius 1 is 1.00 bits per heavy atom. The maximum atomic E-state index is 13.4. The van der Waals surface area contributed by atoms with Gasteiger partial charge in [0.25, 0.3) is 0 Å². The van der Waals surface area contributed by atoms with Gasteiger partial charge in [-0.3, -0.25) is 4.79 Å². The molecule has 1 N–H and O–H groups in total. The Kier molecular flexibility index (Phi) is 6.51. The number of methoxy groups -OCH3 is 1. The van der Waals surface area contributed by atoms with Crippen molar-refractivity contribution in [1.29, 1.82) is 0 Å². The number of nitrogens with one attached hydrogen (secondary N) is 1. The van der Waals surface area contributed by atoms with E-state index in [1.54, 1.807) is 11.8 Å². The zero-order chi connectivity index (χ0) is 22.5. The van der Waals surface area contributed by atoms with E-state index in [0.29, 0.717) is 5.16 Å². The fourth-order valence-corrected chi connectivity index (χ4v) is 4.39. The molecule has 0 unspecified atom stereocenters. The number of aryl methyl sites for hydroxylation is 2. The lowest BCUT2D eigenvalue weighted by atomic mass is 10.1. The molecule has 0 bridgehead atoms. The molecule has 1 heterocycles. The zero-order valence-corrected chi connectivity index (χ0v) is 18.8. The summed E-state index contributed by atoms with van der Waals surface area (Å²) in [6.07, 6.45) is 0. The highest BCUT2D eigenvalue weighted by Crippen LogP contribution is 2.36. The van der Waals surface area contributed by atoms with Crippen LogP contribution in [0.2, 0.25) is 0 Å². The van der Waals surface area contributed by atoms with Crippen LogP contribution in [0, 0.1) is 13.8 Å². The van der Waals surface area contributed by atoms with Crippen molar-refractivity contribution in [2.75, 3.05) is 12.4 Å². The molecule has 0 aliphatic carbocycles. The third-order valence-corrected chi connectivity index (χ3v) is 6.00.